The summed E-state index contributed by atoms with van der Waals surface area (Å²) in [6, 6.07) is 6.11. The van der Waals surface area contributed by atoms with Gasteiger partial charge in [0.15, 0.2) is 5.65 Å². The fraction of sp³-hybridized carbons (Fsp3) is 0.278. The minimum absolute atomic E-state index is 0.258. The number of aromatic amines is 1. The van der Waals surface area contributed by atoms with Gasteiger partial charge in [0, 0.05) is 10.9 Å². The number of H-pyrrole nitrogens is 1. The first-order valence-electron chi connectivity index (χ1n) is 8.05. The molecule has 1 aromatic carbocycles. The van der Waals surface area contributed by atoms with Crippen LogP contribution in [-0.4, -0.2) is 24.7 Å². The van der Waals surface area contributed by atoms with E-state index in [9.17, 15) is 0 Å². The zero-order valence-electron chi connectivity index (χ0n) is 14.6. The van der Waals surface area contributed by atoms with Crippen LogP contribution in [0.5, 0.6) is 0 Å². The van der Waals surface area contributed by atoms with E-state index in [1.54, 1.807) is 0 Å². The number of benzene rings is 1. The Bertz CT molecular complexity index is 1120. The number of hydrogen-bond donors (Lipinski definition) is 2. The highest BCUT2D eigenvalue weighted by molar-refractivity contribution is 6.38. The van der Waals surface area contributed by atoms with Gasteiger partial charge < -0.3 is 10.7 Å². The number of nitrogens with two attached hydrogens (primary N) is 1. The third-order valence-electron chi connectivity index (χ3n) is 4.26. The van der Waals surface area contributed by atoms with E-state index >= 15 is 0 Å². The standard InChI is InChI=1S/C18H19ClN6/c1-9-5-6-10-11(7-9)23-15(13(10)19)14-12-16(20)21-8-22-17(12)25(24-14)18(2,3)4/h5-8,23H,1-4H3,(H2,20,21,22). The number of halogens is 1. The molecule has 0 bridgehead atoms. The zero-order chi connectivity index (χ0) is 17.9. The molecule has 7 heteroatoms. The van der Waals surface area contributed by atoms with E-state index in [1.165, 1.54) is 6.33 Å². The Kier molecular flexibility index (Phi) is 3.30. The van der Waals surface area contributed by atoms with Gasteiger partial charge in [-0.25, -0.2) is 14.6 Å². The third kappa shape index (κ3) is 2.36. The van der Waals surface area contributed by atoms with E-state index in [0.717, 1.165) is 22.2 Å². The molecular formula is C18H19ClN6. The van der Waals surface area contributed by atoms with Crippen molar-refractivity contribution in [1.82, 2.24) is 24.7 Å². The fourth-order valence-corrected chi connectivity index (χ4v) is 3.36. The first kappa shape index (κ1) is 15.9. The van der Waals surface area contributed by atoms with Gasteiger partial charge in [-0.1, -0.05) is 23.7 Å². The molecule has 3 heterocycles. The Morgan fingerprint density at radius 3 is 2.68 bits per heavy atom. The van der Waals surface area contributed by atoms with Crippen LogP contribution in [0.15, 0.2) is 24.5 Å². The third-order valence-corrected chi connectivity index (χ3v) is 4.65. The van der Waals surface area contributed by atoms with Crippen LogP contribution in [0.3, 0.4) is 0 Å². The molecule has 4 aromatic rings. The quantitative estimate of drug-likeness (QED) is 0.534. The number of fused-ring (bicyclic) bond motifs is 2. The average Bonchev–Trinajstić information content (AvgIpc) is 3.06. The fourth-order valence-electron chi connectivity index (χ4n) is 3.06. The van der Waals surface area contributed by atoms with Crippen molar-refractivity contribution < 1.29 is 0 Å². The smallest absolute Gasteiger partial charge is 0.164 e. The summed E-state index contributed by atoms with van der Waals surface area (Å²) in [5.74, 6) is 0.390. The molecule has 0 saturated carbocycles. The number of anilines is 1. The van der Waals surface area contributed by atoms with Crippen LogP contribution in [-0.2, 0) is 5.54 Å². The molecule has 0 amide bonds. The number of rotatable bonds is 1. The van der Waals surface area contributed by atoms with Gasteiger partial charge in [0.2, 0.25) is 0 Å². The lowest BCUT2D eigenvalue weighted by atomic mass is 10.1. The van der Waals surface area contributed by atoms with E-state index in [-0.39, 0.29) is 5.54 Å². The van der Waals surface area contributed by atoms with Crippen molar-refractivity contribution in [3.05, 3.63) is 35.1 Å². The molecule has 0 aliphatic rings. The van der Waals surface area contributed by atoms with Crippen molar-refractivity contribution in [2.75, 3.05) is 5.73 Å². The van der Waals surface area contributed by atoms with Gasteiger partial charge in [-0.05, 0) is 39.3 Å². The van der Waals surface area contributed by atoms with Crippen molar-refractivity contribution in [2.45, 2.75) is 33.2 Å². The molecule has 6 nitrogen and oxygen atoms in total. The Balaban J connectivity index is 2.10. The topological polar surface area (TPSA) is 85.4 Å². The predicted molar refractivity (Wildman–Crippen MR) is 102 cm³/mol. The molecule has 0 radical (unpaired) electrons. The summed E-state index contributed by atoms with van der Waals surface area (Å²) in [5.41, 5.74) is 10.1. The van der Waals surface area contributed by atoms with Crippen molar-refractivity contribution in [3.63, 3.8) is 0 Å². The van der Waals surface area contributed by atoms with Crippen LogP contribution in [0.25, 0.3) is 33.3 Å². The lowest BCUT2D eigenvalue weighted by Gasteiger charge is -2.19. The molecule has 0 unspecified atom stereocenters. The molecule has 0 aliphatic carbocycles. The second-order valence-corrected chi connectivity index (χ2v) is 7.63. The second kappa shape index (κ2) is 5.20. The van der Waals surface area contributed by atoms with E-state index in [1.807, 2.05) is 23.7 Å². The number of nitrogen functional groups attached to an aromatic ring is 1. The molecule has 128 valence electrons. The Morgan fingerprint density at radius 2 is 1.96 bits per heavy atom. The van der Waals surface area contributed by atoms with Crippen molar-refractivity contribution in [2.24, 2.45) is 0 Å². The lowest BCUT2D eigenvalue weighted by molar-refractivity contribution is 0.366. The average molecular weight is 355 g/mol. The number of nitrogens with one attached hydrogen (secondary N) is 1. The number of aryl methyl sites for hydroxylation is 1. The summed E-state index contributed by atoms with van der Waals surface area (Å²) in [7, 11) is 0. The van der Waals surface area contributed by atoms with Crippen LogP contribution in [0.1, 0.15) is 26.3 Å². The maximum Gasteiger partial charge on any atom is 0.164 e. The highest BCUT2D eigenvalue weighted by Gasteiger charge is 2.26. The van der Waals surface area contributed by atoms with Gasteiger partial charge in [0.05, 0.1) is 21.6 Å². The van der Waals surface area contributed by atoms with Gasteiger partial charge in [-0.3, -0.25) is 0 Å². The molecule has 0 fully saturated rings. The number of hydrogen-bond acceptors (Lipinski definition) is 4. The molecular weight excluding hydrogens is 336 g/mol. The predicted octanol–water partition coefficient (Wildman–Crippen LogP) is 4.27. The first-order valence-corrected chi connectivity index (χ1v) is 8.43. The summed E-state index contributed by atoms with van der Waals surface area (Å²) >= 11 is 6.66. The van der Waals surface area contributed by atoms with Crippen molar-refractivity contribution in [3.8, 4) is 11.4 Å². The molecule has 0 saturated heterocycles. The molecule has 4 rings (SSSR count). The van der Waals surface area contributed by atoms with E-state index in [0.29, 0.717) is 27.6 Å². The molecule has 0 atom stereocenters. The molecule has 0 spiro atoms. The molecule has 0 aliphatic heterocycles. The maximum atomic E-state index is 6.66. The summed E-state index contributed by atoms with van der Waals surface area (Å²) in [6.45, 7) is 8.25. The monoisotopic (exact) mass is 354 g/mol. The van der Waals surface area contributed by atoms with Crippen LogP contribution in [0.2, 0.25) is 5.02 Å². The minimum Gasteiger partial charge on any atom is -0.383 e. The summed E-state index contributed by atoms with van der Waals surface area (Å²) in [4.78, 5) is 11.9. The van der Waals surface area contributed by atoms with Gasteiger partial charge in [-0.2, -0.15) is 5.10 Å². The van der Waals surface area contributed by atoms with Crippen molar-refractivity contribution >= 4 is 39.4 Å². The van der Waals surface area contributed by atoms with Crippen molar-refractivity contribution in [1.29, 1.82) is 0 Å². The largest absolute Gasteiger partial charge is 0.383 e. The lowest BCUT2D eigenvalue weighted by Crippen LogP contribution is -2.23. The summed E-state index contributed by atoms with van der Waals surface area (Å²) in [6.07, 6.45) is 1.46. The van der Waals surface area contributed by atoms with Gasteiger partial charge in [0.25, 0.3) is 0 Å². The van der Waals surface area contributed by atoms with E-state index in [2.05, 4.69) is 41.8 Å². The highest BCUT2D eigenvalue weighted by atomic mass is 35.5. The molecule has 25 heavy (non-hydrogen) atoms. The first-order chi connectivity index (χ1) is 11.8. The van der Waals surface area contributed by atoms with Gasteiger partial charge in [0.1, 0.15) is 17.8 Å². The second-order valence-electron chi connectivity index (χ2n) is 7.25. The van der Waals surface area contributed by atoms with Gasteiger partial charge >= 0.3 is 0 Å². The zero-order valence-corrected chi connectivity index (χ0v) is 15.3. The Labute approximate surface area is 150 Å². The number of nitrogens with zero attached hydrogens (tertiary/aromatic N) is 4. The molecule has 3 aromatic heterocycles. The summed E-state index contributed by atoms with van der Waals surface area (Å²) in [5, 5.41) is 7.08. The number of aromatic nitrogens is 5. The maximum absolute atomic E-state index is 6.66. The Hall–Kier alpha value is -2.60. The van der Waals surface area contributed by atoms with Gasteiger partial charge in [-0.15, -0.1) is 0 Å². The Morgan fingerprint density at radius 1 is 1.20 bits per heavy atom. The van der Waals surface area contributed by atoms with Crippen LogP contribution < -0.4 is 5.73 Å². The SMILES string of the molecule is Cc1ccc2c(Cl)c(-c3nn(C(C)(C)C)c4ncnc(N)c34)[nH]c2c1. The van der Waals surface area contributed by atoms with E-state index < -0.39 is 0 Å². The highest BCUT2D eigenvalue weighted by Crippen LogP contribution is 2.39. The summed E-state index contributed by atoms with van der Waals surface area (Å²) < 4.78 is 1.86. The minimum atomic E-state index is -0.258. The van der Waals surface area contributed by atoms with Crippen LogP contribution in [0.4, 0.5) is 5.82 Å². The van der Waals surface area contributed by atoms with E-state index in [4.69, 9.17) is 22.4 Å². The normalized spacial score (nSPS) is 12.4. The molecule has 3 N–H and O–H groups in total. The van der Waals surface area contributed by atoms with Crippen LogP contribution >= 0.6 is 11.6 Å². The van der Waals surface area contributed by atoms with Crippen LogP contribution in [0, 0.1) is 6.92 Å².